The molecule has 0 bridgehead atoms. The Morgan fingerprint density at radius 3 is 2.35 bits per heavy atom. The summed E-state index contributed by atoms with van der Waals surface area (Å²) in [6, 6.07) is 14.8. The average molecular weight is 439 g/mol. The van der Waals surface area contributed by atoms with Crippen molar-refractivity contribution >= 4 is 17.6 Å². The molecule has 1 aliphatic rings. The van der Waals surface area contributed by atoms with Crippen LogP contribution in [-0.2, 0) is 0 Å². The number of benzene rings is 2. The third-order valence-electron chi connectivity index (χ3n) is 6.70. The second-order valence-electron chi connectivity index (χ2n) is 8.87. The molecule has 3 heteroatoms. The maximum atomic E-state index is 12.5. The van der Waals surface area contributed by atoms with Crippen LogP contribution in [0.1, 0.15) is 86.6 Å². The summed E-state index contributed by atoms with van der Waals surface area (Å²) in [5, 5.41) is 0.618. The third-order valence-corrected chi connectivity index (χ3v) is 6.95. The molecule has 2 nitrogen and oxygen atoms in total. The number of hydrogen-bond donors (Lipinski definition) is 0. The first-order valence-corrected chi connectivity index (χ1v) is 12.2. The molecule has 1 fully saturated rings. The fourth-order valence-electron chi connectivity index (χ4n) is 4.88. The lowest BCUT2D eigenvalue weighted by atomic mass is 9.71. The lowest BCUT2D eigenvalue weighted by molar-refractivity contribution is 0.0734. The molecule has 1 unspecified atom stereocenters. The van der Waals surface area contributed by atoms with Crippen molar-refractivity contribution in [2.45, 2.75) is 70.6 Å². The van der Waals surface area contributed by atoms with Gasteiger partial charge >= 0.3 is 5.97 Å². The van der Waals surface area contributed by atoms with Gasteiger partial charge < -0.3 is 4.74 Å². The molecule has 0 amide bonds. The Morgan fingerprint density at radius 1 is 1.06 bits per heavy atom. The Bertz CT molecular complexity index is 817. The molecule has 0 heterocycles. The van der Waals surface area contributed by atoms with Crippen LogP contribution in [0.2, 0.25) is 5.02 Å². The molecule has 0 radical (unpaired) electrons. The summed E-state index contributed by atoms with van der Waals surface area (Å²) in [5.41, 5.74) is 1.87. The van der Waals surface area contributed by atoms with E-state index in [0.717, 1.165) is 12.3 Å². The van der Waals surface area contributed by atoms with E-state index in [-0.39, 0.29) is 5.97 Å². The van der Waals surface area contributed by atoms with Crippen LogP contribution in [0.4, 0.5) is 0 Å². The summed E-state index contributed by atoms with van der Waals surface area (Å²) in [6.45, 7) is 6.28. The second-order valence-corrected chi connectivity index (χ2v) is 9.31. The van der Waals surface area contributed by atoms with E-state index < -0.39 is 0 Å². The molecule has 0 aliphatic heterocycles. The zero-order valence-corrected chi connectivity index (χ0v) is 19.4. The van der Waals surface area contributed by atoms with E-state index in [4.69, 9.17) is 16.3 Å². The molecule has 31 heavy (non-hydrogen) atoms. The fraction of sp³-hybridized carbons (Fsp3) is 0.464. The van der Waals surface area contributed by atoms with Crippen molar-refractivity contribution in [1.29, 1.82) is 0 Å². The van der Waals surface area contributed by atoms with Gasteiger partial charge in [0.1, 0.15) is 5.75 Å². The van der Waals surface area contributed by atoms with Gasteiger partial charge in [0.05, 0.1) is 5.56 Å². The molecule has 0 aromatic heterocycles. The minimum atomic E-state index is -0.346. The third kappa shape index (κ3) is 6.97. The summed E-state index contributed by atoms with van der Waals surface area (Å²) in [6.07, 6.45) is 13.8. The summed E-state index contributed by atoms with van der Waals surface area (Å²) < 4.78 is 5.46. The monoisotopic (exact) mass is 438 g/mol. The Morgan fingerprint density at radius 2 is 1.74 bits per heavy atom. The molecule has 166 valence electrons. The smallest absolute Gasteiger partial charge is 0.343 e. The predicted molar refractivity (Wildman–Crippen MR) is 130 cm³/mol. The lowest BCUT2D eigenvalue weighted by Crippen LogP contribution is -2.20. The number of ether oxygens (including phenoxy) is 1. The van der Waals surface area contributed by atoms with Crippen molar-refractivity contribution in [1.82, 2.24) is 0 Å². The van der Waals surface area contributed by atoms with Gasteiger partial charge in [-0.25, -0.2) is 4.79 Å². The Kier molecular flexibility index (Phi) is 9.21. The van der Waals surface area contributed by atoms with Crippen LogP contribution in [0.25, 0.3) is 0 Å². The summed E-state index contributed by atoms with van der Waals surface area (Å²) in [7, 11) is 0. The first kappa shape index (κ1) is 23.6. The van der Waals surface area contributed by atoms with E-state index in [1.165, 1.54) is 56.9 Å². The van der Waals surface area contributed by atoms with Crippen molar-refractivity contribution in [3.05, 3.63) is 77.3 Å². The van der Waals surface area contributed by atoms with Gasteiger partial charge in [0.2, 0.25) is 0 Å². The number of esters is 1. The van der Waals surface area contributed by atoms with Crippen molar-refractivity contribution in [3.8, 4) is 5.75 Å². The number of halogens is 1. The molecular formula is C28H35ClO2. The average Bonchev–Trinajstić information content (AvgIpc) is 2.80. The van der Waals surface area contributed by atoms with Crippen LogP contribution in [0.5, 0.6) is 5.75 Å². The highest BCUT2D eigenvalue weighted by atomic mass is 35.5. The van der Waals surface area contributed by atoms with Crippen molar-refractivity contribution in [2.75, 3.05) is 0 Å². The van der Waals surface area contributed by atoms with Gasteiger partial charge in [-0.3, -0.25) is 0 Å². The second kappa shape index (κ2) is 12.1. The standard InChI is InChI=1S/C28H35ClO2/c1-3-5-6-8-21-9-11-22(12-10-21)27(7-4-2)23-13-15-24(16-14-23)28(30)31-26-19-17-25(29)18-20-26/h4,13-22,27H,2-3,5-12H2,1H3. The van der Waals surface area contributed by atoms with Crippen LogP contribution in [0.15, 0.2) is 61.2 Å². The molecule has 2 aromatic carbocycles. The van der Waals surface area contributed by atoms with E-state index in [2.05, 4.69) is 25.6 Å². The number of carbonyl (C=O) groups is 1. The maximum absolute atomic E-state index is 12.5. The predicted octanol–water partition coefficient (Wildman–Crippen LogP) is 8.61. The molecule has 3 rings (SSSR count). The first-order chi connectivity index (χ1) is 15.1. The molecular weight excluding hydrogens is 404 g/mol. The van der Waals surface area contributed by atoms with Crippen LogP contribution >= 0.6 is 11.6 Å². The van der Waals surface area contributed by atoms with Crippen LogP contribution < -0.4 is 4.74 Å². The molecule has 2 aromatic rings. The number of rotatable bonds is 10. The number of allylic oxidation sites excluding steroid dienone is 1. The molecule has 0 N–H and O–H groups in total. The zero-order valence-electron chi connectivity index (χ0n) is 18.7. The van der Waals surface area contributed by atoms with Gasteiger partial charge in [0, 0.05) is 5.02 Å². The molecule has 0 saturated heterocycles. The molecule has 1 atom stereocenters. The quantitative estimate of drug-likeness (QED) is 0.160. The molecule has 1 saturated carbocycles. The zero-order chi connectivity index (χ0) is 22.1. The van der Waals surface area contributed by atoms with Crippen molar-refractivity contribution in [2.24, 2.45) is 11.8 Å². The van der Waals surface area contributed by atoms with E-state index in [1.54, 1.807) is 24.3 Å². The maximum Gasteiger partial charge on any atom is 0.343 e. The van der Waals surface area contributed by atoms with E-state index in [0.29, 0.717) is 28.2 Å². The number of carbonyl (C=O) groups excluding carboxylic acids is 1. The minimum Gasteiger partial charge on any atom is -0.423 e. The highest BCUT2D eigenvalue weighted by Crippen LogP contribution is 2.41. The van der Waals surface area contributed by atoms with Gasteiger partial charge in [0.25, 0.3) is 0 Å². The van der Waals surface area contributed by atoms with Crippen molar-refractivity contribution < 1.29 is 9.53 Å². The van der Waals surface area contributed by atoms with Gasteiger partial charge in [-0.2, -0.15) is 0 Å². The number of unbranched alkanes of at least 4 members (excludes halogenated alkanes) is 2. The highest BCUT2D eigenvalue weighted by Gasteiger charge is 2.28. The van der Waals surface area contributed by atoms with E-state index >= 15 is 0 Å². The summed E-state index contributed by atoms with van der Waals surface area (Å²) in [4.78, 5) is 12.5. The largest absolute Gasteiger partial charge is 0.423 e. The van der Waals surface area contributed by atoms with Crippen LogP contribution in [0.3, 0.4) is 0 Å². The van der Waals surface area contributed by atoms with E-state index in [1.807, 2.05) is 18.2 Å². The Balaban J connectivity index is 1.59. The van der Waals surface area contributed by atoms with Crippen LogP contribution in [0, 0.1) is 11.8 Å². The van der Waals surface area contributed by atoms with Crippen LogP contribution in [-0.4, -0.2) is 5.97 Å². The molecule has 1 aliphatic carbocycles. The lowest BCUT2D eigenvalue weighted by Gasteiger charge is -2.34. The van der Waals surface area contributed by atoms with Gasteiger partial charge in [-0.05, 0) is 79.0 Å². The van der Waals surface area contributed by atoms with Gasteiger partial charge in [-0.1, -0.05) is 75.3 Å². The SMILES string of the molecule is C=CCC(c1ccc(C(=O)Oc2ccc(Cl)cc2)cc1)C1CCC(CCCCC)CC1. The summed E-state index contributed by atoms with van der Waals surface area (Å²) in [5.74, 6) is 2.25. The van der Waals surface area contributed by atoms with Gasteiger partial charge in [-0.15, -0.1) is 6.58 Å². The van der Waals surface area contributed by atoms with Crippen molar-refractivity contribution in [3.63, 3.8) is 0 Å². The Labute approximate surface area is 192 Å². The normalized spacial score (nSPS) is 19.5. The minimum absolute atomic E-state index is 0.346. The first-order valence-electron chi connectivity index (χ1n) is 11.8. The highest BCUT2D eigenvalue weighted by molar-refractivity contribution is 6.30. The topological polar surface area (TPSA) is 26.3 Å². The number of hydrogen-bond acceptors (Lipinski definition) is 2. The summed E-state index contributed by atoms with van der Waals surface area (Å²) >= 11 is 5.89. The van der Waals surface area contributed by atoms with Gasteiger partial charge in [0.15, 0.2) is 0 Å². The Hall–Kier alpha value is -2.06. The van der Waals surface area contributed by atoms with E-state index in [9.17, 15) is 4.79 Å². The molecule has 0 spiro atoms. The fourth-order valence-corrected chi connectivity index (χ4v) is 5.00.